The van der Waals surface area contributed by atoms with Gasteiger partial charge in [-0.2, -0.15) is 0 Å². The second-order valence-corrected chi connectivity index (χ2v) is 8.14. The number of rotatable bonds is 5. The molecule has 1 amide bonds. The minimum Gasteiger partial charge on any atom is -0.378 e. The van der Waals surface area contributed by atoms with Crippen molar-refractivity contribution in [3.8, 4) is 0 Å². The van der Waals surface area contributed by atoms with Crippen LogP contribution in [0.2, 0.25) is 5.02 Å². The van der Waals surface area contributed by atoms with Gasteiger partial charge in [-0.3, -0.25) is 25.0 Å². The highest BCUT2D eigenvalue weighted by Crippen LogP contribution is 2.34. The van der Waals surface area contributed by atoms with E-state index in [9.17, 15) is 25.0 Å². The van der Waals surface area contributed by atoms with E-state index in [2.05, 4.69) is 4.90 Å². The van der Waals surface area contributed by atoms with Crippen LogP contribution in [0.5, 0.6) is 0 Å². The molecule has 2 aromatic rings. The smallest absolute Gasteiger partial charge is 0.292 e. The zero-order valence-electron chi connectivity index (χ0n) is 17.7. The number of benzene rings is 2. The summed E-state index contributed by atoms with van der Waals surface area (Å²) in [6.45, 7) is 4.00. The highest BCUT2D eigenvalue weighted by atomic mass is 35.5. The Bertz CT molecular complexity index is 1080. The number of carbonyl (C=O) groups excluding carboxylic acids is 1. The highest BCUT2D eigenvalue weighted by molar-refractivity contribution is 6.33. The first-order valence-electron chi connectivity index (χ1n) is 10.4. The third-order valence-electron chi connectivity index (χ3n) is 5.83. The van der Waals surface area contributed by atoms with Crippen LogP contribution in [0.15, 0.2) is 36.4 Å². The molecule has 2 fully saturated rings. The third kappa shape index (κ3) is 4.83. The summed E-state index contributed by atoms with van der Waals surface area (Å²) < 4.78 is 5.36. The van der Waals surface area contributed by atoms with Crippen molar-refractivity contribution in [2.45, 2.75) is 0 Å². The molecule has 33 heavy (non-hydrogen) atoms. The number of hydrogen-bond donors (Lipinski definition) is 0. The molecule has 0 unspecified atom stereocenters. The van der Waals surface area contributed by atoms with Crippen LogP contribution in [0.4, 0.5) is 22.7 Å². The van der Waals surface area contributed by atoms with Crippen LogP contribution in [-0.2, 0) is 4.74 Å². The number of non-ortho nitro benzene ring substituents is 1. The molecule has 4 rings (SSSR count). The largest absolute Gasteiger partial charge is 0.378 e. The van der Waals surface area contributed by atoms with Gasteiger partial charge in [-0.1, -0.05) is 11.6 Å². The third-order valence-corrected chi connectivity index (χ3v) is 6.16. The summed E-state index contributed by atoms with van der Waals surface area (Å²) in [5, 5.41) is 22.7. The summed E-state index contributed by atoms with van der Waals surface area (Å²) in [5.74, 6) is -0.360. The molecule has 0 saturated carbocycles. The Labute approximate surface area is 194 Å². The number of nitrogens with zero attached hydrogens (tertiary/aromatic N) is 5. The molecular weight excluding hydrogens is 454 g/mol. The van der Waals surface area contributed by atoms with Crippen LogP contribution in [-0.4, -0.2) is 73.1 Å². The molecule has 11 nitrogen and oxygen atoms in total. The molecule has 0 atom stereocenters. The number of halogens is 1. The lowest BCUT2D eigenvalue weighted by Crippen LogP contribution is -2.49. The fourth-order valence-corrected chi connectivity index (χ4v) is 4.25. The fourth-order valence-electron chi connectivity index (χ4n) is 4.05. The standard InChI is InChI=1S/C21H22ClN5O6/c22-18-3-1-16(26(29)30)13-17(18)21(28)25-7-5-23(6-8-25)15-2-4-19(27(31)32)20(14-15)24-9-11-33-12-10-24/h1-4,13-14H,5-12H2. The molecule has 2 aromatic carbocycles. The van der Waals surface area contributed by atoms with E-state index in [4.69, 9.17) is 16.3 Å². The number of anilines is 2. The van der Waals surface area contributed by atoms with Crippen LogP contribution in [0.1, 0.15) is 10.4 Å². The molecule has 2 aliphatic rings. The summed E-state index contributed by atoms with van der Waals surface area (Å²) in [6.07, 6.45) is 0. The van der Waals surface area contributed by atoms with Gasteiger partial charge in [0.05, 0.1) is 33.6 Å². The van der Waals surface area contributed by atoms with Crippen LogP contribution in [0.25, 0.3) is 0 Å². The Morgan fingerprint density at radius 1 is 0.879 bits per heavy atom. The molecule has 0 aliphatic carbocycles. The predicted molar refractivity (Wildman–Crippen MR) is 122 cm³/mol. The zero-order chi connectivity index (χ0) is 23.5. The first kappa shape index (κ1) is 22.7. The van der Waals surface area contributed by atoms with Crippen molar-refractivity contribution in [2.75, 3.05) is 62.3 Å². The maximum absolute atomic E-state index is 12.9. The number of nitro groups is 2. The van der Waals surface area contributed by atoms with E-state index in [1.54, 1.807) is 11.0 Å². The lowest BCUT2D eigenvalue weighted by atomic mass is 10.1. The Hall–Kier alpha value is -3.44. The van der Waals surface area contributed by atoms with Crippen molar-refractivity contribution in [3.05, 3.63) is 67.2 Å². The van der Waals surface area contributed by atoms with Crippen molar-refractivity contribution in [1.29, 1.82) is 0 Å². The lowest BCUT2D eigenvalue weighted by molar-refractivity contribution is -0.384. The summed E-state index contributed by atoms with van der Waals surface area (Å²) in [6, 6.07) is 8.86. The Morgan fingerprint density at radius 3 is 2.21 bits per heavy atom. The van der Waals surface area contributed by atoms with Crippen molar-refractivity contribution in [1.82, 2.24) is 4.90 Å². The van der Waals surface area contributed by atoms with Crippen molar-refractivity contribution < 1.29 is 19.4 Å². The molecule has 2 heterocycles. The molecule has 0 N–H and O–H groups in total. The zero-order valence-corrected chi connectivity index (χ0v) is 18.4. The molecular formula is C21H22ClN5O6. The van der Waals surface area contributed by atoms with E-state index in [0.29, 0.717) is 58.2 Å². The fraction of sp³-hybridized carbons (Fsp3) is 0.381. The summed E-state index contributed by atoms with van der Waals surface area (Å²) in [5.41, 5.74) is 1.35. The van der Waals surface area contributed by atoms with Crippen LogP contribution >= 0.6 is 11.6 Å². The highest BCUT2D eigenvalue weighted by Gasteiger charge is 2.27. The SMILES string of the molecule is O=C(c1cc([N+](=O)[O-])ccc1Cl)N1CCN(c2ccc([N+](=O)[O-])c(N3CCOCC3)c2)CC1. The van der Waals surface area contributed by atoms with E-state index in [0.717, 1.165) is 5.69 Å². The molecule has 0 spiro atoms. The van der Waals surface area contributed by atoms with Gasteiger partial charge < -0.3 is 19.4 Å². The first-order chi connectivity index (χ1) is 15.8. The Kier molecular flexibility index (Phi) is 6.61. The van der Waals surface area contributed by atoms with Crippen LogP contribution in [0.3, 0.4) is 0 Å². The predicted octanol–water partition coefficient (Wildman–Crippen LogP) is 2.96. The van der Waals surface area contributed by atoms with E-state index in [-0.39, 0.29) is 32.8 Å². The van der Waals surface area contributed by atoms with Crippen LogP contribution in [0, 0.1) is 20.2 Å². The molecule has 174 valence electrons. The summed E-state index contributed by atoms with van der Waals surface area (Å²) in [4.78, 5) is 40.2. The maximum atomic E-state index is 12.9. The normalized spacial score (nSPS) is 16.6. The molecule has 2 saturated heterocycles. The average Bonchev–Trinajstić information content (AvgIpc) is 2.84. The topological polar surface area (TPSA) is 122 Å². The van der Waals surface area contributed by atoms with E-state index in [1.807, 2.05) is 11.0 Å². The van der Waals surface area contributed by atoms with Gasteiger partial charge in [-0.05, 0) is 18.2 Å². The Morgan fingerprint density at radius 2 is 1.58 bits per heavy atom. The van der Waals surface area contributed by atoms with Gasteiger partial charge in [0, 0.05) is 63.2 Å². The number of ether oxygens (including phenoxy) is 1. The Balaban J connectivity index is 1.49. The second kappa shape index (κ2) is 9.59. The number of morpholine rings is 1. The number of hydrogen-bond acceptors (Lipinski definition) is 8. The molecule has 2 aliphatic heterocycles. The van der Waals surface area contributed by atoms with E-state index < -0.39 is 4.92 Å². The quantitative estimate of drug-likeness (QED) is 0.477. The number of nitro benzene ring substituents is 2. The molecule has 0 radical (unpaired) electrons. The molecule has 12 heteroatoms. The summed E-state index contributed by atoms with van der Waals surface area (Å²) >= 11 is 6.12. The van der Waals surface area contributed by atoms with E-state index >= 15 is 0 Å². The maximum Gasteiger partial charge on any atom is 0.292 e. The number of carbonyl (C=O) groups is 1. The van der Waals surface area contributed by atoms with Crippen LogP contribution < -0.4 is 9.80 Å². The van der Waals surface area contributed by atoms with Gasteiger partial charge in [0.1, 0.15) is 5.69 Å². The lowest BCUT2D eigenvalue weighted by Gasteiger charge is -2.37. The van der Waals surface area contributed by atoms with Gasteiger partial charge >= 0.3 is 0 Å². The monoisotopic (exact) mass is 475 g/mol. The van der Waals surface area contributed by atoms with Gasteiger partial charge in [0.25, 0.3) is 17.3 Å². The average molecular weight is 476 g/mol. The molecule has 0 bridgehead atoms. The minimum atomic E-state index is -0.564. The van der Waals surface area contributed by atoms with Crippen molar-refractivity contribution in [2.24, 2.45) is 0 Å². The molecule has 0 aromatic heterocycles. The minimum absolute atomic E-state index is 0.0507. The number of piperazine rings is 1. The van der Waals surface area contributed by atoms with Gasteiger partial charge in [-0.25, -0.2) is 0 Å². The van der Waals surface area contributed by atoms with Gasteiger partial charge in [0.2, 0.25) is 0 Å². The van der Waals surface area contributed by atoms with Crippen molar-refractivity contribution >= 4 is 40.3 Å². The second-order valence-electron chi connectivity index (χ2n) is 7.73. The van der Waals surface area contributed by atoms with E-state index in [1.165, 1.54) is 24.3 Å². The van der Waals surface area contributed by atoms with Gasteiger partial charge in [0.15, 0.2) is 0 Å². The number of amides is 1. The van der Waals surface area contributed by atoms with Gasteiger partial charge in [-0.15, -0.1) is 0 Å². The summed E-state index contributed by atoms with van der Waals surface area (Å²) in [7, 11) is 0. The first-order valence-corrected chi connectivity index (χ1v) is 10.8. The van der Waals surface area contributed by atoms with Crippen molar-refractivity contribution in [3.63, 3.8) is 0 Å².